The van der Waals surface area contributed by atoms with Gasteiger partial charge in [0.25, 0.3) is 0 Å². The van der Waals surface area contributed by atoms with Gasteiger partial charge in [-0.05, 0) is 0 Å². The topological polar surface area (TPSA) is 26.0 Å². The number of allylic oxidation sites excluding steroid dienone is 1. The first-order valence-electron chi connectivity index (χ1n) is 1.78. The Morgan fingerprint density at radius 2 is 2.50 bits per heavy atom. The second-order valence-electron chi connectivity index (χ2n) is 1.13. The van der Waals surface area contributed by atoms with Gasteiger partial charge in [0.05, 0.1) is 0 Å². The SMILES string of the molecule is N[C]1=[Ge]=[CH]C=C1. The van der Waals surface area contributed by atoms with Crippen LogP contribution in [0.15, 0.2) is 12.2 Å². The summed E-state index contributed by atoms with van der Waals surface area (Å²) in [6, 6.07) is 0. The fraction of sp³-hybridized carbons (Fsp3) is 0. The Kier molecular flexibility index (Phi) is 1.01. The Labute approximate surface area is 42.4 Å². The van der Waals surface area contributed by atoms with E-state index in [4.69, 9.17) is 5.73 Å². The van der Waals surface area contributed by atoms with Crippen LogP contribution in [0.2, 0.25) is 0 Å². The van der Waals surface area contributed by atoms with Crippen LogP contribution >= 0.6 is 0 Å². The number of hydrogen-bond acceptors (Lipinski definition) is 1. The van der Waals surface area contributed by atoms with Gasteiger partial charge in [0.15, 0.2) is 0 Å². The normalized spacial score (nSPS) is 15.7. The molecule has 0 aromatic carbocycles. The standard InChI is InChI=1S/C4H5GeN/c6-4-2-1-3-5-4/h1-3H,6H2. The van der Waals surface area contributed by atoms with Crippen molar-refractivity contribution in [2.24, 2.45) is 5.73 Å². The Balaban J connectivity index is 2.98. The molecule has 0 fully saturated rings. The van der Waals surface area contributed by atoms with Crippen molar-refractivity contribution in [1.82, 2.24) is 0 Å². The molecule has 1 heterocycles. The first-order chi connectivity index (χ1) is 2.89. The second kappa shape index (κ2) is 1.51. The molecule has 1 aliphatic heterocycles. The predicted molar refractivity (Wildman–Crippen MR) is 30.2 cm³/mol. The molecule has 1 rings (SSSR count). The molecule has 0 aliphatic carbocycles. The summed E-state index contributed by atoms with van der Waals surface area (Å²) in [7, 11) is 0. The van der Waals surface area contributed by atoms with E-state index < -0.39 is 0 Å². The third-order valence-corrected chi connectivity index (χ3v) is 2.42. The van der Waals surface area contributed by atoms with Crippen LogP contribution in [0.25, 0.3) is 0 Å². The summed E-state index contributed by atoms with van der Waals surface area (Å²) in [5.74, 6) is 0. The van der Waals surface area contributed by atoms with Gasteiger partial charge in [0.1, 0.15) is 0 Å². The van der Waals surface area contributed by atoms with E-state index in [0.717, 1.165) is 4.47 Å². The quantitative estimate of drug-likeness (QED) is 0.435. The minimum atomic E-state index is 0.0278. The molecule has 0 aromatic rings. The van der Waals surface area contributed by atoms with Crippen LogP contribution in [0.5, 0.6) is 0 Å². The maximum absolute atomic E-state index is 5.39. The summed E-state index contributed by atoms with van der Waals surface area (Å²) in [5, 5.41) is 0. The molecule has 0 atom stereocenters. The fourth-order valence-corrected chi connectivity index (χ4v) is 1.56. The Morgan fingerprint density at radius 1 is 1.67 bits per heavy atom. The van der Waals surface area contributed by atoms with Gasteiger partial charge in [-0.15, -0.1) is 0 Å². The summed E-state index contributed by atoms with van der Waals surface area (Å²) >= 11 is 0.0278. The van der Waals surface area contributed by atoms with Crippen molar-refractivity contribution in [1.29, 1.82) is 0 Å². The molecule has 2 N–H and O–H groups in total. The second-order valence-corrected chi connectivity index (χ2v) is 3.64. The Morgan fingerprint density at radius 3 is 2.67 bits per heavy atom. The van der Waals surface area contributed by atoms with E-state index in [-0.39, 0.29) is 14.6 Å². The molecule has 0 spiro atoms. The van der Waals surface area contributed by atoms with Crippen LogP contribution < -0.4 is 5.73 Å². The zero-order valence-corrected chi connectivity index (χ0v) is 5.41. The van der Waals surface area contributed by atoms with Crippen molar-refractivity contribution in [3.05, 3.63) is 12.2 Å². The summed E-state index contributed by atoms with van der Waals surface area (Å²) in [6.45, 7) is 0. The van der Waals surface area contributed by atoms with Crippen molar-refractivity contribution < 1.29 is 0 Å². The van der Waals surface area contributed by atoms with E-state index in [2.05, 4.69) is 4.85 Å². The van der Waals surface area contributed by atoms with E-state index >= 15 is 0 Å². The van der Waals surface area contributed by atoms with E-state index in [0.29, 0.717) is 0 Å². The molecule has 30 valence electrons. The number of nitrogens with two attached hydrogens (primary N) is 1. The predicted octanol–water partition coefficient (Wildman–Crippen LogP) is -0.849. The molecule has 0 bridgehead atoms. The van der Waals surface area contributed by atoms with Gasteiger partial charge < -0.3 is 0 Å². The third-order valence-electron chi connectivity index (χ3n) is 0.622. The van der Waals surface area contributed by atoms with Crippen LogP contribution in [-0.2, 0) is 0 Å². The van der Waals surface area contributed by atoms with Crippen LogP contribution in [0.1, 0.15) is 0 Å². The van der Waals surface area contributed by atoms with E-state index in [9.17, 15) is 0 Å². The van der Waals surface area contributed by atoms with Gasteiger partial charge >= 0.3 is 41.8 Å². The van der Waals surface area contributed by atoms with E-state index in [1.54, 1.807) is 0 Å². The molecule has 0 saturated carbocycles. The molecule has 1 aliphatic rings. The minimum absolute atomic E-state index is 0.0278. The van der Waals surface area contributed by atoms with E-state index in [1.165, 1.54) is 0 Å². The Hall–Kier alpha value is -0.177. The molecule has 0 unspecified atom stereocenters. The molecular weight excluding hydrogens is 135 g/mol. The van der Waals surface area contributed by atoms with Crippen LogP contribution in [0, 0.1) is 0 Å². The monoisotopic (exact) mass is 141 g/mol. The van der Waals surface area contributed by atoms with Gasteiger partial charge in [-0.3, -0.25) is 0 Å². The summed E-state index contributed by atoms with van der Waals surface area (Å²) < 4.78 is 1.09. The molecule has 0 saturated heterocycles. The molecule has 1 nitrogen and oxygen atoms in total. The van der Waals surface area contributed by atoms with Crippen molar-refractivity contribution in [3.8, 4) is 0 Å². The third kappa shape index (κ3) is 0.654. The van der Waals surface area contributed by atoms with Gasteiger partial charge in [-0.25, -0.2) is 0 Å². The molecule has 0 amide bonds. The van der Waals surface area contributed by atoms with Crippen molar-refractivity contribution in [2.45, 2.75) is 0 Å². The zero-order valence-electron chi connectivity index (χ0n) is 3.31. The van der Waals surface area contributed by atoms with Crippen LogP contribution in [-0.4, -0.2) is 23.9 Å². The summed E-state index contributed by atoms with van der Waals surface area (Å²) in [5.41, 5.74) is 5.39. The van der Waals surface area contributed by atoms with E-state index in [1.807, 2.05) is 12.2 Å². The summed E-state index contributed by atoms with van der Waals surface area (Å²) in [6.07, 6.45) is 4.00. The number of hydrogen-bond donors (Lipinski definition) is 1. The number of rotatable bonds is 0. The van der Waals surface area contributed by atoms with Gasteiger partial charge in [-0.2, -0.15) is 0 Å². The molecule has 0 aromatic heterocycles. The Bertz CT molecular complexity index is 140. The van der Waals surface area contributed by atoms with Crippen molar-refractivity contribution in [2.75, 3.05) is 0 Å². The van der Waals surface area contributed by atoms with Gasteiger partial charge in [0, 0.05) is 0 Å². The zero-order chi connectivity index (χ0) is 4.41. The van der Waals surface area contributed by atoms with Gasteiger partial charge in [-0.1, -0.05) is 0 Å². The average molecular weight is 140 g/mol. The molecule has 2 heteroatoms. The van der Waals surface area contributed by atoms with Crippen molar-refractivity contribution >= 4 is 23.9 Å². The van der Waals surface area contributed by atoms with Crippen LogP contribution in [0.4, 0.5) is 0 Å². The van der Waals surface area contributed by atoms with Crippen LogP contribution in [0.3, 0.4) is 0 Å². The fourth-order valence-electron chi connectivity index (χ4n) is 0.344. The summed E-state index contributed by atoms with van der Waals surface area (Å²) in [4.78, 5) is 2.16. The maximum atomic E-state index is 5.39. The van der Waals surface area contributed by atoms with Gasteiger partial charge in [0.2, 0.25) is 0 Å². The first-order valence-corrected chi connectivity index (χ1v) is 4.04. The molecule has 0 radical (unpaired) electrons. The molecular formula is C4H5GeN. The first kappa shape index (κ1) is 3.99. The van der Waals surface area contributed by atoms with Crippen molar-refractivity contribution in [3.63, 3.8) is 0 Å². The molecule has 6 heavy (non-hydrogen) atoms. The average Bonchev–Trinajstić information content (AvgIpc) is 1.86.